The predicted octanol–water partition coefficient (Wildman–Crippen LogP) is -0.966. The third-order valence-corrected chi connectivity index (χ3v) is 1.04. The van der Waals surface area contributed by atoms with Crippen LogP contribution in [0.15, 0.2) is 0 Å². The molecular formula is C5H16N4. The fourth-order valence-corrected chi connectivity index (χ4v) is 0.729. The van der Waals surface area contributed by atoms with Gasteiger partial charge < -0.3 is 5.32 Å². The maximum Gasteiger partial charge on any atom is 0.0434 e. The first-order valence-corrected chi connectivity index (χ1v) is 3.17. The smallest absolute Gasteiger partial charge is 0.0434 e. The minimum absolute atomic E-state index is 0.366. The van der Waals surface area contributed by atoms with Crippen molar-refractivity contribution in [1.29, 1.82) is 0 Å². The first-order chi connectivity index (χ1) is 4.16. The molecule has 1 unspecified atom stereocenters. The topological polar surface area (TPSA) is 67.3 Å². The normalized spacial score (nSPS) is 14.3. The molecule has 4 nitrogen and oxygen atoms in total. The molecule has 0 aromatic rings. The number of likely N-dealkylation sites (N-methyl/N-ethyl adjacent to an activating group) is 1. The molecule has 4 heteroatoms. The molecule has 0 amide bonds. The molecule has 1 atom stereocenters. The highest BCUT2D eigenvalue weighted by molar-refractivity contribution is 4.59. The molecule has 5 N–H and O–H groups in total. The molecule has 0 aromatic heterocycles. The van der Waals surface area contributed by atoms with Crippen molar-refractivity contribution in [2.24, 2.45) is 11.7 Å². The standard InChI is InChI=1S/C5H16N4/c1-3-8-5(2)4-9(6)7/h5,8H,3-4,6-7H2,1-2H3. The molecule has 0 saturated carbocycles. The number of nitrogens with zero attached hydrogens (tertiary/aromatic N) is 1. The van der Waals surface area contributed by atoms with Gasteiger partial charge in [0, 0.05) is 12.6 Å². The third kappa shape index (κ3) is 5.72. The summed E-state index contributed by atoms with van der Waals surface area (Å²) in [6, 6.07) is 0.366. The fourth-order valence-electron chi connectivity index (χ4n) is 0.729. The highest BCUT2D eigenvalue weighted by Crippen LogP contribution is 1.78. The van der Waals surface area contributed by atoms with Gasteiger partial charge >= 0.3 is 0 Å². The van der Waals surface area contributed by atoms with Gasteiger partial charge in [-0.05, 0) is 13.5 Å². The van der Waals surface area contributed by atoms with Crippen molar-refractivity contribution in [3.8, 4) is 0 Å². The molecule has 0 aliphatic rings. The van der Waals surface area contributed by atoms with E-state index >= 15 is 0 Å². The Labute approximate surface area is 56.1 Å². The van der Waals surface area contributed by atoms with Crippen molar-refractivity contribution in [2.45, 2.75) is 19.9 Å². The van der Waals surface area contributed by atoms with Crippen LogP contribution in [0.4, 0.5) is 0 Å². The maximum absolute atomic E-state index is 5.19. The van der Waals surface area contributed by atoms with Crippen LogP contribution in [-0.4, -0.2) is 24.2 Å². The predicted molar refractivity (Wildman–Crippen MR) is 38.2 cm³/mol. The summed E-state index contributed by atoms with van der Waals surface area (Å²) in [4.78, 5) is 0. The highest BCUT2D eigenvalue weighted by Gasteiger charge is 1.99. The van der Waals surface area contributed by atoms with Gasteiger partial charge in [0.15, 0.2) is 0 Å². The van der Waals surface area contributed by atoms with Crippen LogP contribution in [0.1, 0.15) is 13.8 Å². The van der Waals surface area contributed by atoms with E-state index in [-0.39, 0.29) is 0 Å². The van der Waals surface area contributed by atoms with E-state index in [2.05, 4.69) is 5.32 Å². The number of hydrogen-bond donors (Lipinski definition) is 3. The second-order valence-electron chi connectivity index (χ2n) is 2.16. The molecule has 0 fully saturated rings. The summed E-state index contributed by atoms with van der Waals surface area (Å²) in [5.41, 5.74) is 0. The minimum Gasteiger partial charge on any atom is -0.313 e. The largest absolute Gasteiger partial charge is 0.313 e. The Kier molecular flexibility index (Phi) is 4.61. The second kappa shape index (κ2) is 4.69. The zero-order chi connectivity index (χ0) is 7.28. The average molecular weight is 132 g/mol. The van der Waals surface area contributed by atoms with E-state index in [0.29, 0.717) is 12.6 Å². The Balaban J connectivity index is 3.15. The SMILES string of the molecule is CCNC(C)CN(N)N. The number of nitrogens with two attached hydrogens (primary N) is 2. The van der Waals surface area contributed by atoms with Crippen LogP contribution in [0.5, 0.6) is 0 Å². The zero-order valence-electron chi connectivity index (χ0n) is 6.09. The van der Waals surface area contributed by atoms with Crippen LogP contribution in [0.3, 0.4) is 0 Å². The summed E-state index contributed by atoms with van der Waals surface area (Å²) in [5.74, 6) is 10.4. The van der Waals surface area contributed by atoms with Crippen LogP contribution in [-0.2, 0) is 0 Å². The maximum atomic E-state index is 5.19. The molecule has 0 rings (SSSR count). The molecule has 0 aromatic carbocycles. The number of hydrazine groups is 2. The Morgan fingerprint density at radius 3 is 2.44 bits per heavy atom. The number of hydrogen-bond acceptors (Lipinski definition) is 4. The Morgan fingerprint density at radius 2 is 2.11 bits per heavy atom. The average Bonchev–Trinajstić information content (AvgIpc) is 1.63. The molecule has 0 aliphatic carbocycles. The van der Waals surface area contributed by atoms with Gasteiger partial charge in [0.1, 0.15) is 0 Å². The summed E-state index contributed by atoms with van der Waals surface area (Å²) in [6.45, 7) is 5.72. The summed E-state index contributed by atoms with van der Waals surface area (Å²) >= 11 is 0. The lowest BCUT2D eigenvalue weighted by Crippen LogP contribution is -2.46. The van der Waals surface area contributed by atoms with E-state index in [1.54, 1.807) is 0 Å². The first-order valence-electron chi connectivity index (χ1n) is 3.17. The lowest BCUT2D eigenvalue weighted by molar-refractivity contribution is 0.263. The molecule has 0 heterocycles. The van der Waals surface area contributed by atoms with Gasteiger partial charge in [-0.1, -0.05) is 6.92 Å². The summed E-state index contributed by atoms with van der Waals surface area (Å²) in [6.07, 6.45) is 0. The molecule has 0 bridgehead atoms. The summed E-state index contributed by atoms with van der Waals surface area (Å²) in [5, 5.41) is 4.36. The van der Waals surface area contributed by atoms with Gasteiger partial charge in [-0.3, -0.25) is 11.7 Å². The van der Waals surface area contributed by atoms with Gasteiger partial charge in [-0.25, -0.2) is 0 Å². The van der Waals surface area contributed by atoms with E-state index < -0.39 is 0 Å². The van der Waals surface area contributed by atoms with E-state index in [1.165, 1.54) is 5.12 Å². The van der Waals surface area contributed by atoms with Gasteiger partial charge in [-0.15, -0.1) is 0 Å². The van der Waals surface area contributed by atoms with Crippen molar-refractivity contribution in [3.05, 3.63) is 0 Å². The van der Waals surface area contributed by atoms with Crippen molar-refractivity contribution < 1.29 is 0 Å². The lowest BCUT2D eigenvalue weighted by Gasteiger charge is -2.16. The van der Waals surface area contributed by atoms with Crippen LogP contribution < -0.4 is 17.0 Å². The van der Waals surface area contributed by atoms with E-state index in [4.69, 9.17) is 11.7 Å². The van der Waals surface area contributed by atoms with Gasteiger partial charge in [-0.2, -0.15) is 5.12 Å². The Morgan fingerprint density at radius 1 is 1.56 bits per heavy atom. The fraction of sp³-hybridized carbons (Fsp3) is 1.00. The molecule has 56 valence electrons. The molecule has 9 heavy (non-hydrogen) atoms. The van der Waals surface area contributed by atoms with Gasteiger partial charge in [0.2, 0.25) is 0 Å². The third-order valence-electron chi connectivity index (χ3n) is 1.04. The first kappa shape index (κ1) is 8.84. The van der Waals surface area contributed by atoms with Crippen LogP contribution >= 0.6 is 0 Å². The van der Waals surface area contributed by atoms with E-state index in [1.807, 2.05) is 13.8 Å². The van der Waals surface area contributed by atoms with Crippen molar-refractivity contribution in [2.75, 3.05) is 13.1 Å². The van der Waals surface area contributed by atoms with Crippen LogP contribution in [0, 0.1) is 0 Å². The highest BCUT2D eigenvalue weighted by atomic mass is 15.6. The monoisotopic (exact) mass is 132 g/mol. The zero-order valence-corrected chi connectivity index (χ0v) is 6.09. The van der Waals surface area contributed by atoms with Crippen LogP contribution in [0.25, 0.3) is 0 Å². The lowest BCUT2D eigenvalue weighted by atomic mass is 10.3. The quantitative estimate of drug-likeness (QED) is 0.340. The molecule has 0 aliphatic heterocycles. The summed E-state index contributed by atoms with van der Waals surface area (Å²) < 4.78 is 0. The van der Waals surface area contributed by atoms with E-state index in [9.17, 15) is 0 Å². The second-order valence-corrected chi connectivity index (χ2v) is 2.16. The number of rotatable bonds is 4. The molecular weight excluding hydrogens is 116 g/mol. The van der Waals surface area contributed by atoms with E-state index in [0.717, 1.165) is 6.54 Å². The number of nitrogens with one attached hydrogen (secondary N) is 1. The molecule has 0 spiro atoms. The van der Waals surface area contributed by atoms with Crippen molar-refractivity contribution in [3.63, 3.8) is 0 Å². The van der Waals surface area contributed by atoms with Gasteiger partial charge in [0.25, 0.3) is 0 Å². The Bertz CT molecular complexity index is 64.0. The molecule has 0 radical (unpaired) electrons. The van der Waals surface area contributed by atoms with Crippen molar-refractivity contribution in [1.82, 2.24) is 10.4 Å². The molecule has 0 saturated heterocycles. The minimum atomic E-state index is 0.366. The van der Waals surface area contributed by atoms with Crippen LogP contribution in [0.2, 0.25) is 0 Å². The summed E-state index contributed by atoms with van der Waals surface area (Å²) in [7, 11) is 0. The Hall–Kier alpha value is -0.160. The van der Waals surface area contributed by atoms with Gasteiger partial charge in [0.05, 0.1) is 0 Å². The van der Waals surface area contributed by atoms with Crippen molar-refractivity contribution >= 4 is 0 Å².